The Kier molecular flexibility index (Phi) is 5.89. The van der Waals surface area contributed by atoms with Gasteiger partial charge in [0.25, 0.3) is 0 Å². The second-order valence-corrected chi connectivity index (χ2v) is 6.57. The van der Waals surface area contributed by atoms with Crippen molar-refractivity contribution in [2.24, 2.45) is 0 Å². The molecule has 7 heteroatoms. The van der Waals surface area contributed by atoms with Crippen molar-refractivity contribution in [2.45, 2.75) is 27.4 Å². The molecule has 1 heterocycles. The summed E-state index contributed by atoms with van der Waals surface area (Å²) in [5, 5.41) is 1.93. The summed E-state index contributed by atoms with van der Waals surface area (Å²) in [7, 11) is 2.66. The minimum Gasteiger partial charge on any atom is -0.488 e. The number of hydrogen-bond donors (Lipinski definition) is 0. The highest BCUT2D eigenvalue weighted by Gasteiger charge is 2.20. The number of hydroxylamine groups is 1. The summed E-state index contributed by atoms with van der Waals surface area (Å²) in [6, 6.07) is 10.9. The minimum atomic E-state index is -0.644. The fourth-order valence-electron chi connectivity index (χ4n) is 3.12. The lowest BCUT2D eigenvalue weighted by atomic mass is 10.0. The van der Waals surface area contributed by atoms with Crippen LogP contribution < -0.4 is 15.4 Å². The first-order chi connectivity index (χ1) is 13.9. The van der Waals surface area contributed by atoms with Crippen molar-refractivity contribution in [1.29, 1.82) is 0 Å². The molecule has 0 fully saturated rings. The van der Waals surface area contributed by atoms with Gasteiger partial charge in [0.2, 0.25) is 0 Å². The lowest BCUT2D eigenvalue weighted by molar-refractivity contribution is 0.115. The van der Waals surface area contributed by atoms with Crippen molar-refractivity contribution >= 4 is 22.7 Å². The van der Waals surface area contributed by atoms with E-state index >= 15 is 0 Å². The third kappa shape index (κ3) is 3.82. The second-order valence-electron chi connectivity index (χ2n) is 6.57. The first-order valence-corrected chi connectivity index (χ1v) is 9.05. The Morgan fingerprint density at radius 1 is 1.00 bits per heavy atom. The smallest absolute Gasteiger partial charge is 0.438 e. The van der Waals surface area contributed by atoms with E-state index in [-0.39, 0.29) is 12.2 Å². The molecule has 3 rings (SSSR count). The molecule has 2 aromatic carbocycles. The molecule has 29 heavy (non-hydrogen) atoms. The predicted octanol–water partition coefficient (Wildman–Crippen LogP) is 4.43. The summed E-state index contributed by atoms with van der Waals surface area (Å²) < 4.78 is 16.2. The van der Waals surface area contributed by atoms with Gasteiger partial charge in [-0.3, -0.25) is 4.84 Å². The van der Waals surface area contributed by atoms with Gasteiger partial charge in [-0.15, -0.1) is 0 Å². The Morgan fingerprint density at radius 3 is 2.41 bits per heavy atom. The molecule has 152 valence electrons. The molecule has 0 bridgehead atoms. The van der Waals surface area contributed by atoms with Crippen molar-refractivity contribution < 1.29 is 23.5 Å². The van der Waals surface area contributed by atoms with Gasteiger partial charge in [0, 0.05) is 22.1 Å². The molecule has 0 unspecified atom stereocenters. The summed E-state index contributed by atoms with van der Waals surface area (Å²) in [6.45, 7) is 5.67. The Morgan fingerprint density at radius 2 is 1.72 bits per heavy atom. The molecule has 0 atom stereocenters. The van der Waals surface area contributed by atoms with Crippen LogP contribution in [0.3, 0.4) is 0 Å². The van der Waals surface area contributed by atoms with Crippen LogP contribution in [-0.2, 0) is 16.2 Å². The minimum absolute atomic E-state index is 0.175. The van der Waals surface area contributed by atoms with Crippen LogP contribution in [0.2, 0.25) is 0 Å². The molecule has 7 nitrogen and oxygen atoms in total. The Labute approximate surface area is 168 Å². The fraction of sp³-hybridized carbons (Fsp3) is 0.273. The van der Waals surface area contributed by atoms with Gasteiger partial charge < -0.3 is 13.9 Å². The van der Waals surface area contributed by atoms with E-state index in [1.54, 1.807) is 19.1 Å². The molecule has 0 aliphatic heterocycles. The van der Waals surface area contributed by atoms with Gasteiger partial charge in [-0.25, -0.2) is 9.59 Å². The van der Waals surface area contributed by atoms with Crippen LogP contribution in [0.15, 0.2) is 45.6 Å². The summed E-state index contributed by atoms with van der Waals surface area (Å²) in [5.41, 5.74) is 3.62. The molecule has 0 saturated heterocycles. The molecule has 1 aromatic heterocycles. The third-order valence-corrected chi connectivity index (χ3v) is 4.94. The Bertz CT molecular complexity index is 1120. The second kappa shape index (κ2) is 8.36. The SMILES string of the molecule is COC(=O)N(OC)c1ccccc1COc1ccc2c(C)c(C)c(=O)oc2c1C. The monoisotopic (exact) mass is 397 g/mol. The summed E-state index contributed by atoms with van der Waals surface area (Å²) in [4.78, 5) is 29.2. The molecule has 0 aliphatic carbocycles. The topological polar surface area (TPSA) is 78.2 Å². The highest BCUT2D eigenvalue weighted by Crippen LogP contribution is 2.30. The van der Waals surface area contributed by atoms with E-state index in [1.807, 2.05) is 38.1 Å². The van der Waals surface area contributed by atoms with Crippen LogP contribution in [-0.4, -0.2) is 20.3 Å². The summed E-state index contributed by atoms with van der Waals surface area (Å²) >= 11 is 0. The normalized spacial score (nSPS) is 10.8. The van der Waals surface area contributed by atoms with Crippen molar-refractivity contribution in [2.75, 3.05) is 19.3 Å². The molecular formula is C22H23NO6. The number of aryl methyl sites for hydroxylation is 2. The first kappa shape index (κ1) is 20.4. The van der Waals surface area contributed by atoms with E-state index < -0.39 is 6.09 Å². The standard InChI is InChI=1S/C22H23NO6/c1-13-14(2)21(24)29-20-15(3)19(11-10-17(13)20)28-12-16-8-6-7-9-18(16)23(27-5)22(25)26-4/h6-11H,12H2,1-5H3. The summed E-state index contributed by atoms with van der Waals surface area (Å²) in [6.07, 6.45) is -0.644. The van der Waals surface area contributed by atoms with E-state index in [0.717, 1.165) is 27.1 Å². The zero-order valence-corrected chi connectivity index (χ0v) is 17.1. The Hall–Kier alpha value is -3.32. The number of nitrogens with zero attached hydrogens (tertiary/aromatic N) is 1. The lowest BCUT2D eigenvalue weighted by Crippen LogP contribution is -2.30. The number of amides is 1. The average Bonchev–Trinajstić information content (AvgIpc) is 2.73. The number of ether oxygens (including phenoxy) is 2. The predicted molar refractivity (Wildman–Crippen MR) is 109 cm³/mol. The number of carbonyl (C=O) groups is 1. The van der Waals surface area contributed by atoms with Crippen LogP contribution in [0.4, 0.5) is 10.5 Å². The number of methoxy groups -OCH3 is 1. The van der Waals surface area contributed by atoms with Gasteiger partial charge in [-0.2, -0.15) is 5.06 Å². The number of benzene rings is 2. The molecule has 0 saturated carbocycles. The largest absolute Gasteiger partial charge is 0.488 e. The number of rotatable bonds is 5. The number of hydrogen-bond acceptors (Lipinski definition) is 6. The van der Waals surface area contributed by atoms with Gasteiger partial charge in [0.1, 0.15) is 17.9 Å². The van der Waals surface area contributed by atoms with Gasteiger partial charge >= 0.3 is 11.7 Å². The lowest BCUT2D eigenvalue weighted by Gasteiger charge is -2.21. The molecule has 0 N–H and O–H groups in total. The van der Waals surface area contributed by atoms with Gasteiger partial charge in [0.15, 0.2) is 0 Å². The highest BCUT2D eigenvalue weighted by atomic mass is 16.7. The Balaban J connectivity index is 1.94. The molecule has 0 radical (unpaired) electrons. The van der Waals surface area contributed by atoms with Crippen LogP contribution in [0.25, 0.3) is 11.0 Å². The zero-order valence-electron chi connectivity index (χ0n) is 17.1. The van der Waals surface area contributed by atoms with E-state index in [4.69, 9.17) is 18.7 Å². The quantitative estimate of drug-likeness (QED) is 0.468. The van der Waals surface area contributed by atoms with Crippen LogP contribution in [0.5, 0.6) is 5.75 Å². The van der Waals surface area contributed by atoms with Gasteiger partial charge in [0.05, 0.1) is 19.9 Å². The number of carbonyl (C=O) groups excluding carboxylic acids is 1. The maximum absolute atomic E-state index is 12.1. The summed E-state index contributed by atoms with van der Waals surface area (Å²) in [5.74, 6) is 0.584. The van der Waals surface area contributed by atoms with Crippen molar-refractivity contribution in [1.82, 2.24) is 0 Å². The van der Waals surface area contributed by atoms with E-state index in [9.17, 15) is 9.59 Å². The molecule has 1 amide bonds. The van der Waals surface area contributed by atoms with Crippen molar-refractivity contribution in [3.8, 4) is 5.75 Å². The van der Waals surface area contributed by atoms with Gasteiger partial charge in [-0.1, -0.05) is 18.2 Å². The number of anilines is 1. The third-order valence-electron chi connectivity index (χ3n) is 4.94. The van der Waals surface area contributed by atoms with Crippen LogP contribution in [0, 0.1) is 20.8 Å². The molecular weight excluding hydrogens is 374 g/mol. The van der Waals surface area contributed by atoms with E-state index in [0.29, 0.717) is 22.6 Å². The van der Waals surface area contributed by atoms with Crippen molar-refractivity contribution in [3.05, 3.63) is 69.1 Å². The maximum atomic E-state index is 12.1. The average molecular weight is 397 g/mol. The fourth-order valence-corrected chi connectivity index (χ4v) is 3.12. The number of fused-ring (bicyclic) bond motifs is 1. The zero-order chi connectivity index (χ0) is 21.1. The molecule has 3 aromatic rings. The van der Waals surface area contributed by atoms with E-state index in [2.05, 4.69) is 0 Å². The first-order valence-electron chi connectivity index (χ1n) is 9.05. The van der Waals surface area contributed by atoms with Crippen LogP contribution in [0.1, 0.15) is 22.3 Å². The number of para-hydroxylation sites is 1. The molecule has 0 spiro atoms. The van der Waals surface area contributed by atoms with Crippen molar-refractivity contribution in [3.63, 3.8) is 0 Å². The van der Waals surface area contributed by atoms with E-state index in [1.165, 1.54) is 14.2 Å². The maximum Gasteiger partial charge on any atom is 0.438 e. The van der Waals surface area contributed by atoms with Gasteiger partial charge in [-0.05, 0) is 44.5 Å². The van der Waals surface area contributed by atoms with Crippen LogP contribution >= 0.6 is 0 Å². The molecule has 0 aliphatic rings. The highest BCUT2D eigenvalue weighted by molar-refractivity contribution is 5.86.